The number of rotatable bonds is 10. The van der Waals surface area contributed by atoms with Gasteiger partial charge in [-0.05, 0) is 31.4 Å². The van der Waals surface area contributed by atoms with Crippen molar-refractivity contribution in [2.24, 2.45) is 4.99 Å². The highest BCUT2D eigenvalue weighted by atomic mass is 19.4. The number of aliphatic imine (C=N–C) groups is 1. The van der Waals surface area contributed by atoms with Crippen molar-refractivity contribution in [3.63, 3.8) is 0 Å². The molecule has 1 atom stereocenters. The molecule has 0 aliphatic carbocycles. The van der Waals surface area contributed by atoms with E-state index in [0.29, 0.717) is 38.1 Å². The average Bonchev–Trinajstić information content (AvgIpc) is 3.19. The maximum Gasteiger partial charge on any atom is 0.417 e. The van der Waals surface area contributed by atoms with Crippen molar-refractivity contribution >= 4 is 11.8 Å². The first-order valence-electron chi connectivity index (χ1n) is 9.40. The fraction of sp³-hybridized carbons (Fsp3) is 0.667. The van der Waals surface area contributed by atoms with Crippen LogP contribution in [0.2, 0.25) is 0 Å². The molecule has 0 aromatic carbocycles. The molecule has 1 aromatic rings. The molecule has 3 N–H and O–H groups in total. The van der Waals surface area contributed by atoms with Crippen molar-refractivity contribution < 1.29 is 22.6 Å². The van der Waals surface area contributed by atoms with Gasteiger partial charge in [0.15, 0.2) is 5.96 Å². The number of hydrogen-bond acceptors (Lipinski definition) is 5. The standard InChI is InChI=1S/C18H28F3N5O2/c1-22-17(25-9-3-10-28-15-6-11-27-13-15)24-8-2-7-23-16-5-4-14(12-26-16)18(19,20)21/h4-5,12,15H,2-3,6-11,13H2,1H3,(H,23,26)(H2,22,24,25). The zero-order chi connectivity index (χ0) is 20.2. The molecule has 158 valence electrons. The summed E-state index contributed by atoms with van der Waals surface area (Å²) in [4.78, 5) is 7.92. The Morgan fingerprint density at radius 1 is 1.25 bits per heavy atom. The van der Waals surface area contributed by atoms with Crippen LogP contribution in [0.1, 0.15) is 24.8 Å². The van der Waals surface area contributed by atoms with E-state index < -0.39 is 11.7 Å². The Bertz CT molecular complexity index is 590. The van der Waals surface area contributed by atoms with E-state index in [2.05, 4.69) is 25.9 Å². The Balaban J connectivity index is 1.51. The number of nitrogens with one attached hydrogen (secondary N) is 3. The maximum atomic E-state index is 12.5. The van der Waals surface area contributed by atoms with E-state index in [4.69, 9.17) is 9.47 Å². The van der Waals surface area contributed by atoms with Gasteiger partial charge in [0.1, 0.15) is 5.82 Å². The van der Waals surface area contributed by atoms with Crippen LogP contribution in [0.5, 0.6) is 0 Å². The summed E-state index contributed by atoms with van der Waals surface area (Å²) in [5.41, 5.74) is -0.753. The summed E-state index contributed by atoms with van der Waals surface area (Å²) < 4.78 is 48.4. The number of guanidine groups is 1. The maximum absolute atomic E-state index is 12.5. The summed E-state index contributed by atoms with van der Waals surface area (Å²) >= 11 is 0. The second-order valence-electron chi connectivity index (χ2n) is 6.35. The van der Waals surface area contributed by atoms with Crippen LogP contribution in [-0.4, -0.2) is 63.6 Å². The highest BCUT2D eigenvalue weighted by Gasteiger charge is 2.30. The molecule has 10 heteroatoms. The molecule has 0 saturated carbocycles. The lowest BCUT2D eigenvalue weighted by molar-refractivity contribution is -0.137. The monoisotopic (exact) mass is 403 g/mol. The van der Waals surface area contributed by atoms with Crippen molar-refractivity contribution in [3.05, 3.63) is 23.9 Å². The van der Waals surface area contributed by atoms with E-state index in [0.717, 1.165) is 44.7 Å². The third-order valence-corrected chi connectivity index (χ3v) is 4.12. The number of ether oxygens (including phenoxy) is 2. The Kier molecular flexibility index (Phi) is 9.29. The lowest BCUT2D eigenvalue weighted by Crippen LogP contribution is -2.39. The third kappa shape index (κ3) is 8.30. The summed E-state index contributed by atoms with van der Waals surface area (Å²) in [5.74, 6) is 1.13. The number of alkyl halides is 3. The zero-order valence-corrected chi connectivity index (χ0v) is 16.0. The molecule has 1 unspecified atom stereocenters. The second-order valence-corrected chi connectivity index (χ2v) is 6.35. The molecule has 2 heterocycles. The van der Waals surface area contributed by atoms with E-state index in [1.165, 1.54) is 6.07 Å². The van der Waals surface area contributed by atoms with Crippen LogP contribution in [0.4, 0.5) is 19.0 Å². The van der Waals surface area contributed by atoms with Gasteiger partial charge in [0, 0.05) is 46.1 Å². The summed E-state index contributed by atoms with van der Waals surface area (Å²) in [6, 6.07) is 2.35. The first-order valence-corrected chi connectivity index (χ1v) is 9.40. The number of pyridine rings is 1. The molecular formula is C18H28F3N5O2. The molecule has 1 aromatic heterocycles. The van der Waals surface area contributed by atoms with Crippen LogP contribution in [0, 0.1) is 0 Å². The van der Waals surface area contributed by atoms with E-state index in [1.54, 1.807) is 7.05 Å². The van der Waals surface area contributed by atoms with Crippen molar-refractivity contribution in [1.29, 1.82) is 0 Å². The molecule has 0 spiro atoms. The molecule has 1 saturated heterocycles. The smallest absolute Gasteiger partial charge is 0.379 e. The van der Waals surface area contributed by atoms with Gasteiger partial charge < -0.3 is 25.4 Å². The van der Waals surface area contributed by atoms with Crippen molar-refractivity contribution in [3.8, 4) is 0 Å². The summed E-state index contributed by atoms with van der Waals surface area (Å²) in [7, 11) is 1.70. The second kappa shape index (κ2) is 11.7. The fourth-order valence-corrected chi connectivity index (χ4v) is 2.57. The van der Waals surface area contributed by atoms with Gasteiger partial charge >= 0.3 is 6.18 Å². The van der Waals surface area contributed by atoms with Crippen LogP contribution in [0.25, 0.3) is 0 Å². The molecule has 0 bridgehead atoms. The van der Waals surface area contributed by atoms with Gasteiger partial charge in [0.25, 0.3) is 0 Å². The number of halogens is 3. The summed E-state index contributed by atoms with van der Waals surface area (Å²) in [6.07, 6.45) is -0.714. The van der Waals surface area contributed by atoms with Crippen LogP contribution in [0.3, 0.4) is 0 Å². The van der Waals surface area contributed by atoms with E-state index >= 15 is 0 Å². The molecule has 28 heavy (non-hydrogen) atoms. The first-order chi connectivity index (χ1) is 13.5. The Morgan fingerprint density at radius 3 is 2.64 bits per heavy atom. The van der Waals surface area contributed by atoms with Crippen LogP contribution < -0.4 is 16.0 Å². The fourth-order valence-electron chi connectivity index (χ4n) is 2.57. The third-order valence-electron chi connectivity index (χ3n) is 4.12. The van der Waals surface area contributed by atoms with E-state index in [9.17, 15) is 13.2 Å². The van der Waals surface area contributed by atoms with Gasteiger partial charge in [-0.1, -0.05) is 0 Å². The molecule has 1 fully saturated rings. The first kappa shape index (κ1) is 22.2. The highest BCUT2D eigenvalue weighted by molar-refractivity contribution is 5.79. The lowest BCUT2D eigenvalue weighted by atomic mass is 10.3. The largest absolute Gasteiger partial charge is 0.417 e. The number of anilines is 1. The van der Waals surface area contributed by atoms with Crippen LogP contribution in [0.15, 0.2) is 23.3 Å². The normalized spacial score (nSPS) is 17.6. The van der Waals surface area contributed by atoms with Crippen molar-refractivity contribution in [2.45, 2.75) is 31.5 Å². The van der Waals surface area contributed by atoms with Crippen LogP contribution in [-0.2, 0) is 15.7 Å². The van der Waals surface area contributed by atoms with Gasteiger partial charge in [0.05, 0.1) is 18.3 Å². The van der Waals surface area contributed by atoms with E-state index in [1.807, 2.05) is 0 Å². The van der Waals surface area contributed by atoms with Gasteiger partial charge in [-0.25, -0.2) is 4.98 Å². The predicted molar refractivity (Wildman–Crippen MR) is 102 cm³/mol. The molecule has 2 rings (SSSR count). The average molecular weight is 403 g/mol. The van der Waals surface area contributed by atoms with Gasteiger partial charge in [-0.3, -0.25) is 4.99 Å². The number of aromatic nitrogens is 1. The van der Waals surface area contributed by atoms with Crippen molar-refractivity contribution in [2.75, 3.05) is 51.8 Å². The van der Waals surface area contributed by atoms with Crippen LogP contribution >= 0.6 is 0 Å². The Labute approximate surface area is 163 Å². The molecular weight excluding hydrogens is 375 g/mol. The topological polar surface area (TPSA) is 79.8 Å². The molecule has 0 amide bonds. The lowest BCUT2D eigenvalue weighted by Gasteiger charge is -2.13. The summed E-state index contributed by atoms with van der Waals surface area (Å²) in [5, 5.41) is 9.39. The van der Waals surface area contributed by atoms with Gasteiger partial charge in [-0.15, -0.1) is 0 Å². The minimum Gasteiger partial charge on any atom is -0.379 e. The minimum atomic E-state index is -4.37. The van der Waals surface area contributed by atoms with Gasteiger partial charge in [0.2, 0.25) is 0 Å². The Hall–Kier alpha value is -2.07. The molecule has 7 nitrogen and oxygen atoms in total. The highest BCUT2D eigenvalue weighted by Crippen LogP contribution is 2.28. The SMILES string of the molecule is CN=C(NCCCNc1ccc(C(F)(F)F)cn1)NCCCOC1CCOC1. The predicted octanol–water partition coefficient (Wildman–Crippen LogP) is 2.26. The van der Waals surface area contributed by atoms with Crippen molar-refractivity contribution in [1.82, 2.24) is 15.6 Å². The van der Waals surface area contributed by atoms with Gasteiger partial charge in [-0.2, -0.15) is 13.2 Å². The molecule has 0 radical (unpaired) electrons. The molecule has 1 aliphatic heterocycles. The minimum absolute atomic E-state index is 0.226. The molecule has 1 aliphatic rings. The number of hydrogen-bond donors (Lipinski definition) is 3. The number of nitrogens with zero attached hydrogens (tertiary/aromatic N) is 2. The quantitative estimate of drug-likeness (QED) is 0.316. The Morgan fingerprint density at radius 2 is 2.04 bits per heavy atom. The summed E-state index contributed by atoms with van der Waals surface area (Å²) in [6.45, 7) is 4.15. The van der Waals surface area contributed by atoms with E-state index in [-0.39, 0.29) is 6.10 Å². The zero-order valence-electron chi connectivity index (χ0n) is 16.0.